The van der Waals surface area contributed by atoms with Gasteiger partial charge in [0.25, 0.3) is 0 Å². The van der Waals surface area contributed by atoms with Crippen LogP contribution in [0.25, 0.3) is 0 Å². The van der Waals surface area contributed by atoms with Crippen molar-refractivity contribution >= 4 is 21.6 Å². The molecule has 0 atom stereocenters. The molecule has 1 rings (SSSR count). The lowest BCUT2D eigenvalue weighted by molar-refractivity contribution is -0.137. The Morgan fingerprint density at radius 1 is 1.24 bits per heavy atom. The fourth-order valence-corrected chi connectivity index (χ4v) is 2.24. The first-order chi connectivity index (χ1) is 9.65. The lowest BCUT2D eigenvalue weighted by atomic mass is 9.89. The maximum absolute atomic E-state index is 12.9. The van der Waals surface area contributed by atoms with Crippen LogP contribution in [-0.2, 0) is 6.18 Å². The van der Waals surface area contributed by atoms with Crippen molar-refractivity contribution in [3.05, 3.63) is 28.2 Å². The molecule has 0 aromatic heterocycles. The van der Waals surface area contributed by atoms with Crippen LogP contribution >= 0.6 is 15.9 Å². The van der Waals surface area contributed by atoms with Crippen molar-refractivity contribution < 1.29 is 13.2 Å². The van der Waals surface area contributed by atoms with Crippen LogP contribution in [0.5, 0.6) is 0 Å². The van der Waals surface area contributed by atoms with E-state index in [4.69, 9.17) is 5.26 Å². The van der Waals surface area contributed by atoms with Crippen molar-refractivity contribution in [2.75, 3.05) is 11.9 Å². The van der Waals surface area contributed by atoms with Crippen molar-refractivity contribution in [3.8, 4) is 6.07 Å². The molecule has 116 valence electrons. The number of halogens is 4. The van der Waals surface area contributed by atoms with E-state index in [0.29, 0.717) is 11.0 Å². The van der Waals surface area contributed by atoms with Gasteiger partial charge in [0.2, 0.25) is 0 Å². The van der Waals surface area contributed by atoms with Gasteiger partial charge in [-0.25, -0.2) is 0 Å². The number of nitrogens with zero attached hydrogens (tertiary/aromatic N) is 1. The highest BCUT2D eigenvalue weighted by Crippen LogP contribution is 2.36. The van der Waals surface area contributed by atoms with Crippen LogP contribution in [0.15, 0.2) is 22.7 Å². The normalized spacial score (nSPS) is 12.0. The summed E-state index contributed by atoms with van der Waals surface area (Å²) in [6, 6.07) is 6.28. The highest BCUT2D eigenvalue weighted by Gasteiger charge is 2.33. The second-order valence-electron chi connectivity index (χ2n) is 5.57. The van der Waals surface area contributed by atoms with Crippen LogP contribution in [0.2, 0.25) is 0 Å². The van der Waals surface area contributed by atoms with Crippen molar-refractivity contribution in [1.29, 1.82) is 5.26 Å². The Hall–Kier alpha value is -1.22. The molecular weight excluding hydrogens is 345 g/mol. The zero-order valence-corrected chi connectivity index (χ0v) is 13.6. The summed E-state index contributed by atoms with van der Waals surface area (Å²) in [5, 5.41) is 11.7. The molecule has 1 aromatic rings. The fraction of sp³-hybridized carbons (Fsp3) is 0.533. The highest BCUT2D eigenvalue weighted by atomic mass is 79.9. The van der Waals surface area contributed by atoms with Gasteiger partial charge in [0, 0.05) is 16.7 Å². The molecule has 6 heteroatoms. The summed E-state index contributed by atoms with van der Waals surface area (Å²) >= 11 is 3.05. The third-order valence-electron chi connectivity index (χ3n) is 3.13. The Morgan fingerprint density at radius 3 is 2.48 bits per heavy atom. The number of hydrogen-bond donors (Lipinski definition) is 1. The predicted molar refractivity (Wildman–Crippen MR) is 80.9 cm³/mol. The lowest BCUT2D eigenvalue weighted by Crippen LogP contribution is -2.12. The van der Waals surface area contributed by atoms with Gasteiger partial charge in [0.15, 0.2) is 0 Å². The lowest BCUT2D eigenvalue weighted by Gasteiger charge is -2.16. The van der Waals surface area contributed by atoms with E-state index in [0.717, 1.165) is 25.3 Å². The zero-order valence-electron chi connectivity index (χ0n) is 12.0. The zero-order chi connectivity index (χ0) is 16.1. The van der Waals surface area contributed by atoms with Crippen LogP contribution in [0.4, 0.5) is 18.9 Å². The number of anilines is 1. The van der Waals surface area contributed by atoms with Crippen molar-refractivity contribution in [2.45, 2.75) is 39.3 Å². The molecule has 0 spiro atoms. The number of benzene rings is 1. The number of unbranched alkanes of at least 4 members (excludes halogenated alkanes) is 1. The summed E-state index contributed by atoms with van der Waals surface area (Å²) in [5.74, 6) is 0. The largest absolute Gasteiger partial charge is 0.418 e. The summed E-state index contributed by atoms with van der Waals surface area (Å²) in [7, 11) is 0. The van der Waals surface area contributed by atoms with E-state index >= 15 is 0 Å². The average molecular weight is 363 g/mol. The summed E-state index contributed by atoms with van der Waals surface area (Å²) in [6.45, 7) is 4.17. The van der Waals surface area contributed by atoms with Gasteiger partial charge in [-0.15, -0.1) is 0 Å². The van der Waals surface area contributed by atoms with Crippen LogP contribution in [0.3, 0.4) is 0 Å². The van der Waals surface area contributed by atoms with E-state index in [1.807, 2.05) is 13.8 Å². The Morgan fingerprint density at radius 2 is 1.90 bits per heavy atom. The molecule has 2 nitrogen and oxygen atoms in total. The monoisotopic (exact) mass is 362 g/mol. The van der Waals surface area contributed by atoms with Gasteiger partial charge in [-0.1, -0.05) is 22.4 Å². The van der Waals surface area contributed by atoms with Gasteiger partial charge in [-0.2, -0.15) is 18.4 Å². The SMILES string of the molecule is CC(C)(C#N)CCCCNc1ccc(Br)cc1C(F)(F)F. The van der Waals surface area contributed by atoms with Crippen LogP contribution < -0.4 is 5.32 Å². The Bertz CT molecular complexity index is 519. The molecular formula is C15H18BrF3N2. The number of alkyl halides is 3. The Kier molecular flexibility index (Phi) is 6.09. The van der Waals surface area contributed by atoms with Crippen LogP contribution in [-0.4, -0.2) is 6.54 Å². The number of rotatable bonds is 6. The molecule has 0 saturated heterocycles. The molecule has 1 aromatic carbocycles. The highest BCUT2D eigenvalue weighted by molar-refractivity contribution is 9.10. The van der Waals surface area contributed by atoms with Crippen LogP contribution in [0, 0.1) is 16.7 Å². The van der Waals surface area contributed by atoms with Gasteiger partial charge >= 0.3 is 6.18 Å². The van der Waals surface area contributed by atoms with Crippen molar-refractivity contribution in [2.24, 2.45) is 5.41 Å². The molecule has 0 heterocycles. The molecule has 0 bridgehead atoms. The van der Waals surface area contributed by atoms with Gasteiger partial charge in [0.05, 0.1) is 17.0 Å². The van der Waals surface area contributed by atoms with Crippen molar-refractivity contribution in [3.63, 3.8) is 0 Å². The number of hydrogen-bond acceptors (Lipinski definition) is 2. The average Bonchev–Trinajstić information content (AvgIpc) is 2.38. The van der Waals surface area contributed by atoms with Gasteiger partial charge in [-0.05, 0) is 44.9 Å². The van der Waals surface area contributed by atoms with E-state index in [1.54, 1.807) is 6.07 Å². The molecule has 0 aliphatic carbocycles. The minimum absolute atomic E-state index is 0.0882. The summed E-state index contributed by atoms with van der Waals surface area (Å²) in [5.41, 5.74) is -0.964. The molecule has 1 N–H and O–H groups in total. The molecule has 21 heavy (non-hydrogen) atoms. The van der Waals surface area contributed by atoms with E-state index < -0.39 is 11.7 Å². The maximum atomic E-state index is 12.9. The van der Waals surface area contributed by atoms with E-state index in [1.165, 1.54) is 6.07 Å². The van der Waals surface area contributed by atoms with Crippen molar-refractivity contribution in [1.82, 2.24) is 0 Å². The fourth-order valence-electron chi connectivity index (χ4n) is 1.88. The Labute approximate surface area is 131 Å². The molecule has 0 radical (unpaired) electrons. The second-order valence-corrected chi connectivity index (χ2v) is 6.48. The number of nitriles is 1. The molecule has 0 amide bonds. The van der Waals surface area contributed by atoms with Gasteiger partial charge in [-0.3, -0.25) is 0 Å². The minimum atomic E-state index is -4.38. The topological polar surface area (TPSA) is 35.8 Å². The third kappa shape index (κ3) is 5.96. The predicted octanol–water partition coefficient (Wildman–Crippen LogP) is 5.60. The smallest absolute Gasteiger partial charge is 0.385 e. The maximum Gasteiger partial charge on any atom is 0.418 e. The quantitative estimate of drug-likeness (QED) is 0.668. The molecule has 0 aliphatic heterocycles. The molecule has 0 aliphatic rings. The van der Waals surface area contributed by atoms with E-state index in [2.05, 4.69) is 27.3 Å². The second kappa shape index (κ2) is 7.17. The standard InChI is InChI=1S/C15H18BrF3N2/c1-14(2,10-20)7-3-4-8-21-13-6-5-11(16)9-12(13)15(17,18)19/h5-6,9,21H,3-4,7-8H2,1-2H3. The first-order valence-electron chi connectivity index (χ1n) is 6.67. The first-order valence-corrected chi connectivity index (χ1v) is 7.47. The van der Waals surface area contributed by atoms with Gasteiger partial charge < -0.3 is 5.32 Å². The minimum Gasteiger partial charge on any atom is -0.385 e. The van der Waals surface area contributed by atoms with E-state index in [9.17, 15) is 13.2 Å². The summed E-state index contributed by atoms with van der Waals surface area (Å²) in [6.07, 6.45) is -2.13. The Balaban J connectivity index is 2.55. The molecule has 0 fully saturated rings. The molecule has 0 unspecified atom stereocenters. The summed E-state index contributed by atoms with van der Waals surface area (Å²) < 4.78 is 39.1. The number of nitrogens with one attached hydrogen (secondary N) is 1. The van der Waals surface area contributed by atoms with E-state index in [-0.39, 0.29) is 11.1 Å². The first kappa shape index (κ1) is 17.8. The molecule has 0 saturated carbocycles. The third-order valence-corrected chi connectivity index (χ3v) is 3.63. The summed E-state index contributed by atoms with van der Waals surface area (Å²) in [4.78, 5) is 0. The van der Waals surface area contributed by atoms with Gasteiger partial charge in [0.1, 0.15) is 0 Å². The van der Waals surface area contributed by atoms with Crippen LogP contribution in [0.1, 0.15) is 38.7 Å².